The Kier molecular flexibility index (Phi) is 6.48. The number of thioether (sulfide) groups is 1. The van der Waals surface area contributed by atoms with E-state index in [0.29, 0.717) is 22.6 Å². The highest BCUT2D eigenvalue weighted by molar-refractivity contribution is 7.99. The van der Waals surface area contributed by atoms with E-state index in [2.05, 4.69) is 20.3 Å². The van der Waals surface area contributed by atoms with Gasteiger partial charge in [0.1, 0.15) is 0 Å². The van der Waals surface area contributed by atoms with E-state index in [-0.39, 0.29) is 24.1 Å². The second kappa shape index (κ2) is 8.59. The van der Waals surface area contributed by atoms with E-state index in [4.69, 9.17) is 4.74 Å². The Labute approximate surface area is 141 Å². The van der Waals surface area contributed by atoms with Crippen LogP contribution in [0.5, 0.6) is 0 Å². The third-order valence-electron chi connectivity index (χ3n) is 2.52. The van der Waals surface area contributed by atoms with E-state index in [1.165, 1.54) is 23.1 Å². The summed E-state index contributed by atoms with van der Waals surface area (Å²) in [4.78, 5) is 35.7. The van der Waals surface area contributed by atoms with E-state index < -0.39 is 0 Å². The average Bonchev–Trinajstić information content (AvgIpc) is 2.94. The number of esters is 1. The Hall–Kier alpha value is -2.00. The summed E-state index contributed by atoms with van der Waals surface area (Å²) in [5, 5.41) is 5.42. The van der Waals surface area contributed by atoms with Crippen LogP contribution in [0.1, 0.15) is 18.2 Å². The van der Waals surface area contributed by atoms with Crippen molar-refractivity contribution >= 4 is 40.1 Å². The van der Waals surface area contributed by atoms with Gasteiger partial charge < -0.3 is 10.1 Å². The number of anilines is 1. The number of amides is 1. The van der Waals surface area contributed by atoms with Crippen molar-refractivity contribution in [1.82, 2.24) is 15.0 Å². The molecular formula is C14H16N4O3S2. The van der Waals surface area contributed by atoms with Gasteiger partial charge in [-0.1, -0.05) is 11.8 Å². The Morgan fingerprint density at radius 2 is 2.09 bits per heavy atom. The molecule has 2 aromatic heterocycles. The van der Waals surface area contributed by atoms with Gasteiger partial charge in [-0.15, -0.1) is 11.3 Å². The minimum Gasteiger partial charge on any atom is -0.466 e. The predicted molar refractivity (Wildman–Crippen MR) is 88.6 cm³/mol. The van der Waals surface area contributed by atoms with Gasteiger partial charge in [0.2, 0.25) is 5.91 Å². The SMILES string of the molecule is CCOC(=O)Cc1csc(NC(=O)CSc2ncc(C)cn2)n1. The average molecular weight is 352 g/mol. The highest BCUT2D eigenvalue weighted by Gasteiger charge is 2.11. The van der Waals surface area contributed by atoms with E-state index in [0.717, 1.165) is 5.56 Å². The number of hydrogen-bond donors (Lipinski definition) is 1. The molecule has 2 heterocycles. The maximum Gasteiger partial charge on any atom is 0.311 e. The first-order valence-electron chi connectivity index (χ1n) is 6.88. The van der Waals surface area contributed by atoms with Crippen LogP contribution in [-0.4, -0.2) is 39.2 Å². The van der Waals surface area contributed by atoms with Crippen molar-refractivity contribution in [2.75, 3.05) is 17.7 Å². The van der Waals surface area contributed by atoms with Gasteiger partial charge in [-0.05, 0) is 19.4 Å². The summed E-state index contributed by atoms with van der Waals surface area (Å²) in [5.41, 5.74) is 1.55. The largest absolute Gasteiger partial charge is 0.466 e. The molecule has 0 saturated heterocycles. The molecule has 122 valence electrons. The lowest BCUT2D eigenvalue weighted by atomic mass is 10.3. The lowest BCUT2D eigenvalue weighted by molar-refractivity contribution is -0.142. The van der Waals surface area contributed by atoms with Gasteiger partial charge in [0, 0.05) is 17.8 Å². The van der Waals surface area contributed by atoms with E-state index in [9.17, 15) is 9.59 Å². The maximum absolute atomic E-state index is 11.9. The van der Waals surface area contributed by atoms with Crippen molar-refractivity contribution in [3.05, 3.63) is 29.0 Å². The highest BCUT2D eigenvalue weighted by atomic mass is 32.2. The standard InChI is InChI=1S/C14H16N4O3S2/c1-3-21-12(20)4-10-7-22-14(17-10)18-11(19)8-23-13-15-5-9(2)6-16-13/h5-7H,3-4,8H2,1-2H3,(H,17,18,19). The number of nitrogens with zero attached hydrogens (tertiary/aromatic N) is 3. The molecule has 23 heavy (non-hydrogen) atoms. The molecule has 1 amide bonds. The van der Waals surface area contributed by atoms with Crippen LogP contribution in [0.3, 0.4) is 0 Å². The number of carbonyl (C=O) groups excluding carboxylic acids is 2. The highest BCUT2D eigenvalue weighted by Crippen LogP contribution is 2.17. The number of nitrogens with one attached hydrogen (secondary N) is 1. The van der Waals surface area contributed by atoms with Crippen LogP contribution in [0.15, 0.2) is 22.9 Å². The van der Waals surface area contributed by atoms with Gasteiger partial charge in [0.05, 0.1) is 24.5 Å². The molecule has 0 aliphatic rings. The molecule has 0 aliphatic heterocycles. The third-order valence-corrected chi connectivity index (χ3v) is 4.20. The van der Waals surface area contributed by atoms with Gasteiger partial charge in [-0.2, -0.15) is 0 Å². The zero-order valence-electron chi connectivity index (χ0n) is 12.7. The van der Waals surface area contributed by atoms with Gasteiger partial charge in [0.25, 0.3) is 0 Å². The molecule has 1 N–H and O–H groups in total. The second-order valence-electron chi connectivity index (χ2n) is 4.51. The monoisotopic (exact) mass is 352 g/mol. The summed E-state index contributed by atoms with van der Waals surface area (Å²) in [6.45, 7) is 3.99. The molecule has 0 bridgehead atoms. The summed E-state index contributed by atoms with van der Waals surface area (Å²) in [6, 6.07) is 0. The predicted octanol–water partition coefficient (Wildman–Crippen LogP) is 2.08. The number of aryl methyl sites for hydroxylation is 1. The number of carbonyl (C=O) groups is 2. The Morgan fingerprint density at radius 1 is 1.35 bits per heavy atom. The molecule has 0 spiro atoms. The quantitative estimate of drug-likeness (QED) is 0.463. The maximum atomic E-state index is 11.9. The first-order valence-corrected chi connectivity index (χ1v) is 8.74. The minimum absolute atomic E-state index is 0.103. The van der Waals surface area contributed by atoms with Crippen molar-refractivity contribution in [3.8, 4) is 0 Å². The summed E-state index contributed by atoms with van der Waals surface area (Å²) >= 11 is 2.52. The molecule has 7 nitrogen and oxygen atoms in total. The summed E-state index contributed by atoms with van der Waals surface area (Å²) in [6.07, 6.45) is 3.51. The molecule has 0 atom stereocenters. The fourth-order valence-corrected chi connectivity index (χ4v) is 2.86. The van der Waals surface area contributed by atoms with Gasteiger partial charge >= 0.3 is 5.97 Å². The van der Waals surface area contributed by atoms with E-state index in [1.54, 1.807) is 24.7 Å². The second-order valence-corrected chi connectivity index (χ2v) is 6.31. The molecule has 0 saturated carbocycles. The molecule has 9 heteroatoms. The molecule has 0 aromatic carbocycles. The first kappa shape index (κ1) is 17.4. The van der Waals surface area contributed by atoms with Crippen LogP contribution in [-0.2, 0) is 20.7 Å². The lowest BCUT2D eigenvalue weighted by Gasteiger charge is -2.01. The van der Waals surface area contributed by atoms with E-state index >= 15 is 0 Å². The molecule has 0 radical (unpaired) electrons. The normalized spacial score (nSPS) is 10.3. The lowest BCUT2D eigenvalue weighted by Crippen LogP contribution is -2.14. The minimum atomic E-state index is -0.331. The van der Waals surface area contributed by atoms with Crippen molar-refractivity contribution in [2.24, 2.45) is 0 Å². The summed E-state index contributed by atoms with van der Waals surface area (Å²) in [7, 11) is 0. The van der Waals surface area contributed by atoms with Crippen LogP contribution in [0.2, 0.25) is 0 Å². The fourth-order valence-electron chi connectivity index (χ4n) is 1.55. The number of aromatic nitrogens is 3. The number of ether oxygens (including phenoxy) is 1. The molecule has 0 aliphatic carbocycles. The van der Waals surface area contributed by atoms with Gasteiger partial charge in [-0.3, -0.25) is 9.59 Å². The molecule has 2 aromatic rings. The van der Waals surface area contributed by atoms with Crippen LogP contribution in [0, 0.1) is 6.92 Å². The number of thiazole rings is 1. The number of hydrogen-bond acceptors (Lipinski definition) is 8. The van der Waals surface area contributed by atoms with Crippen LogP contribution >= 0.6 is 23.1 Å². The zero-order valence-corrected chi connectivity index (χ0v) is 14.4. The Bertz CT molecular complexity index is 673. The number of rotatable bonds is 7. The first-order chi connectivity index (χ1) is 11.1. The summed E-state index contributed by atoms with van der Waals surface area (Å²) < 4.78 is 4.85. The van der Waals surface area contributed by atoms with Crippen molar-refractivity contribution in [2.45, 2.75) is 25.4 Å². The van der Waals surface area contributed by atoms with Crippen molar-refractivity contribution in [1.29, 1.82) is 0 Å². The Balaban J connectivity index is 1.80. The zero-order chi connectivity index (χ0) is 16.7. The van der Waals surface area contributed by atoms with E-state index in [1.807, 2.05) is 6.92 Å². The van der Waals surface area contributed by atoms with Crippen molar-refractivity contribution < 1.29 is 14.3 Å². The van der Waals surface area contributed by atoms with Gasteiger partial charge in [0.15, 0.2) is 10.3 Å². The molecule has 2 rings (SSSR count). The molecule has 0 fully saturated rings. The topological polar surface area (TPSA) is 94.1 Å². The van der Waals surface area contributed by atoms with Crippen LogP contribution in [0.4, 0.5) is 5.13 Å². The molecular weight excluding hydrogens is 336 g/mol. The van der Waals surface area contributed by atoms with Gasteiger partial charge in [-0.25, -0.2) is 15.0 Å². The van der Waals surface area contributed by atoms with Crippen molar-refractivity contribution in [3.63, 3.8) is 0 Å². The molecule has 0 unspecified atom stereocenters. The van der Waals surface area contributed by atoms with Crippen LogP contribution < -0.4 is 5.32 Å². The Morgan fingerprint density at radius 3 is 2.78 bits per heavy atom. The third kappa shape index (κ3) is 5.95. The summed E-state index contributed by atoms with van der Waals surface area (Å²) in [5.74, 6) is -0.338. The fraction of sp³-hybridized carbons (Fsp3) is 0.357. The van der Waals surface area contributed by atoms with Crippen LogP contribution in [0.25, 0.3) is 0 Å². The smallest absolute Gasteiger partial charge is 0.311 e.